The molecule has 0 bridgehead atoms. The van der Waals surface area contributed by atoms with E-state index in [0.717, 1.165) is 12.1 Å². The molecule has 0 saturated carbocycles. The molecule has 23 heavy (non-hydrogen) atoms. The summed E-state index contributed by atoms with van der Waals surface area (Å²) in [5.74, 6) is 0.673. The van der Waals surface area contributed by atoms with Crippen molar-refractivity contribution in [3.63, 3.8) is 0 Å². The van der Waals surface area contributed by atoms with Crippen LogP contribution >= 0.6 is 0 Å². The van der Waals surface area contributed by atoms with Gasteiger partial charge >= 0.3 is 0 Å². The van der Waals surface area contributed by atoms with Gasteiger partial charge in [-0.05, 0) is 42.0 Å². The third kappa shape index (κ3) is 3.68. The van der Waals surface area contributed by atoms with Gasteiger partial charge in [0.1, 0.15) is 0 Å². The van der Waals surface area contributed by atoms with E-state index in [-0.39, 0.29) is 0 Å². The summed E-state index contributed by atoms with van der Waals surface area (Å²) in [5.41, 5.74) is 7.30. The molecule has 0 saturated heterocycles. The molecule has 0 amide bonds. The Hall–Kier alpha value is -2.41. The Morgan fingerprint density at radius 2 is 1.70 bits per heavy atom. The highest BCUT2D eigenvalue weighted by Crippen LogP contribution is 2.25. The van der Waals surface area contributed by atoms with Crippen molar-refractivity contribution in [2.45, 2.75) is 27.2 Å². The predicted octanol–water partition coefficient (Wildman–Crippen LogP) is 5.92. The maximum absolute atomic E-state index is 4.68. The molecule has 1 heteroatoms. The number of hydrogen-bond acceptors (Lipinski definition) is 1. The van der Waals surface area contributed by atoms with E-state index < -0.39 is 0 Å². The predicted molar refractivity (Wildman–Crippen MR) is 98.4 cm³/mol. The van der Waals surface area contributed by atoms with Crippen LogP contribution in [0.5, 0.6) is 0 Å². The highest BCUT2D eigenvalue weighted by atomic mass is 14.7. The molecule has 0 N–H and O–H groups in total. The van der Waals surface area contributed by atoms with Crippen LogP contribution in [0.3, 0.4) is 0 Å². The molecule has 0 aliphatic rings. The molecular formula is C22H23N. The molecule has 0 aliphatic carbocycles. The normalized spacial score (nSPS) is 11.0. The van der Waals surface area contributed by atoms with Crippen molar-refractivity contribution in [3.8, 4) is 22.4 Å². The van der Waals surface area contributed by atoms with Crippen molar-refractivity contribution in [1.82, 2.24) is 4.98 Å². The number of aromatic nitrogens is 1. The topological polar surface area (TPSA) is 12.9 Å². The summed E-state index contributed by atoms with van der Waals surface area (Å²) in [5, 5.41) is 0. The van der Waals surface area contributed by atoms with Crippen LogP contribution in [0.15, 0.2) is 66.9 Å². The summed E-state index contributed by atoms with van der Waals surface area (Å²) in [6.07, 6.45) is 3.10. The van der Waals surface area contributed by atoms with Crippen molar-refractivity contribution in [2.24, 2.45) is 5.92 Å². The first kappa shape index (κ1) is 15.5. The summed E-state index contributed by atoms with van der Waals surface area (Å²) in [7, 11) is 0. The van der Waals surface area contributed by atoms with Crippen molar-refractivity contribution < 1.29 is 0 Å². The Labute approximate surface area is 139 Å². The van der Waals surface area contributed by atoms with Crippen LogP contribution in [0.25, 0.3) is 22.4 Å². The van der Waals surface area contributed by atoms with Crippen molar-refractivity contribution in [2.75, 3.05) is 0 Å². The molecule has 0 unspecified atom stereocenters. The fraction of sp³-hybridized carbons (Fsp3) is 0.227. The molecule has 1 aromatic heterocycles. The Morgan fingerprint density at radius 1 is 0.870 bits per heavy atom. The molecule has 0 fully saturated rings. The highest BCUT2D eigenvalue weighted by molar-refractivity contribution is 5.68. The van der Waals surface area contributed by atoms with Crippen LogP contribution in [-0.4, -0.2) is 4.98 Å². The minimum atomic E-state index is 0.673. The van der Waals surface area contributed by atoms with Gasteiger partial charge in [0, 0.05) is 17.3 Å². The van der Waals surface area contributed by atoms with Gasteiger partial charge in [0.15, 0.2) is 0 Å². The number of nitrogens with zero attached hydrogens (tertiary/aromatic N) is 1. The molecule has 116 valence electrons. The first-order valence-corrected chi connectivity index (χ1v) is 8.25. The van der Waals surface area contributed by atoms with Gasteiger partial charge in [-0.2, -0.15) is 0 Å². The Kier molecular flexibility index (Phi) is 4.57. The second-order valence-corrected chi connectivity index (χ2v) is 6.55. The highest BCUT2D eigenvalue weighted by Gasteiger charge is 2.05. The number of rotatable bonds is 4. The first-order valence-electron chi connectivity index (χ1n) is 8.25. The van der Waals surface area contributed by atoms with E-state index in [0.29, 0.717) is 5.92 Å². The van der Waals surface area contributed by atoms with Crippen LogP contribution in [-0.2, 0) is 6.42 Å². The van der Waals surface area contributed by atoms with Crippen LogP contribution in [0.1, 0.15) is 25.0 Å². The zero-order valence-electron chi connectivity index (χ0n) is 14.1. The van der Waals surface area contributed by atoms with E-state index in [4.69, 9.17) is 0 Å². The average molecular weight is 301 g/mol. The molecule has 3 aromatic rings. The summed E-state index contributed by atoms with van der Waals surface area (Å²) < 4.78 is 0. The largest absolute Gasteiger partial charge is 0.256 e. The summed E-state index contributed by atoms with van der Waals surface area (Å²) >= 11 is 0. The van der Waals surface area contributed by atoms with Gasteiger partial charge in [-0.3, -0.25) is 4.98 Å². The SMILES string of the molecule is Cc1ccccc1-c1ccc(-c2cccc(CC(C)C)c2)cn1. The van der Waals surface area contributed by atoms with Gasteiger partial charge in [0.2, 0.25) is 0 Å². The van der Waals surface area contributed by atoms with Crippen LogP contribution in [0.4, 0.5) is 0 Å². The maximum Gasteiger partial charge on any atom is 0.0705 e. The zero-order valence-corrected chi connectivity index (χ0v) is 14.1. The standard InChI is InChI=1S/C22H23N/c1-16(2)13-18-8-6-9-19(14-18)20-11-12-22(23-15-20)21-10-5-4-7-17(21)3/h4-12,14-16H,13H2,1-3H3. The van der Waals surface area contributed by atoms with E-state index in [9.17, 15) is 0 Å². The van der Waals surface area contributed by atoms with Gasteiger partial charge in [-0.15, -0.1) is 0 Å². The minimum absolute atomic E-state index is 0.673. The van der Waals surface area contributed by atoms with E-state index in [1.807, 2.05) is 6.20 Å². The molecular weight excluding hydrogens is 278 g/mol. The van der Waals surface area contributed by atoms with Crippen molar-refractivity contribution >= 4 is 0 Å². The Bertz CT molecular complexity index is 785. The van der Waals surface area contributed by atoms with E-state index >= 15 is 0 Å². The smallest absolute Gasteiger partial charge is 0.0705 e. The summed E-state index contributed by atoms with van der Waals surface area (Å²) in [4.78, 5) is 4.68. The fourth-order valence-electron chi connectivity index (χ4n) is 2.93. The molecule has 0 atom stereocenters. The molecule has 0 radical (unpaired) electrons. The van der Waals surface area contributed by atoms with Crippen LogP contribution in [0.2, 0.25) is 0 Å². The first-order chi connectivity index (χ1) is 11.1. The quantitative estimate of drug-likeness (QED) is 0.582. The molecule has 1 heterocycles. The molecule has 0 spiro atoms. The van der Waals surface area contributed by atoms with Crippen LogP contribution in [0, 0.1) is 12.8 Å². The van der Waals surface area contributed by atoms with Gasteiger partial charge < -0.3 is 0 Å². The maximum atomic E-state index is 4.68. The second kappa shape index (κ2) is 6.78. The fourth-order valence-corrected chi connectivity index (χ4v) is 2.93. The van der Waals surface area contributed by atoms with Crippen LogP contribution < -0.4 is 0 Å². The third-order valence-electron chi connectivity index (χ3n) is 4.09. The lowest BCUT2D eigenvalue weighted by molar-refractivity contribution is 0.647. The Morgan fingerprint density at radius 3 is 2.39 bits per heavy atom. The van der Waals surface area contributed by atoms with E-state index in [1.54, 1.807) is 0 Å². The van der Waals surface area contributed by atoms with E-state index in [2.05, 4.69) is 86.4 Å². The minimum Gasteiger partial charge on any atom is -0.256 e. The average Bonchev–Trinajstić information content (AvgIpc) is 2.55. The lowest BCUT2D eigenvalue weighted by Crippen LogP contribution is -1.94. The van der Waals surface area contributed by atoms with Crippen molar-refractivity contribution in [1.29, 1.82) is 0 Å². The van der Waals surface area contributed by atoms with Gasteiger partial charge in [-0.1, -0.05) is 68.4 Å². The van der Waals surface area contributed by atoms with Crippen molar-refractivity contribution in [3.05, 3.63) is 78.0 Å². The van der Waals surface area contributed by atoms with Gasteiger partial charge in [0.25, 0.3) is 0 Å². The number of hydrogen-bond donors (Lipinski definition) is 0. The monoisotopic (exact) mass is 301 g/mol. The third-order valence-corrected chi connectivity index (χ3v) is 4.09. The van der Waals surface area contributed by atoms with Gasteiger partial charge in [0.05, 0.1) is 5.69 Å². The number of aryl methyl sites for hydroxylation is 1. The summed E-state index contributed by atoms with van der Waals surface area (Å²) in [6.45, 7) is 6.64. The summed E-state index contributed by atoms with van der Waals surface area (Å²) in [6, 6.07) is 21.5. The molecule has 1 nitrogen and oxygen atoms in total. The lowest BCUT2D eigenvalue weighted by Gasteiger charge is -2.09. The molecule has 3 rings (SSSR count). The molecule has 2 aromatic carbocycles. The number of benzene rings is 2. The lowest BCUT2D eigenvalue weighted by atomic mass is 9.98. The number of pyridine rings is 1. The molecule has 0 aliphatic heterocycles. The Balaban J connectivity index is 1.89. The van der Waals surface area contributed by atoms with E-state index in [1.165, 1.54) is 27.8 Å². The zero-order chi connectivity index (χ0) is 16.2. The van der Waals surface area contributed by atoms with Gasteiger partial charge in [-0.25, -0.2) is 0 Å². The second-order valence-electron chi connectivity index (χ2n) is 6.55.